The van der Waals surface area contributed by atoms with Gasteiger partial charge in [0.05, 0.1) is 30.0 Å². The maximum absolute atomic E-state index is 14.4. The molecule has 250 valence electrons. The fraction of sp³-hybridized carbons (Fsp3) is 0.351. The Labute approximate surface area is 283 Å². The zero-order chi connectivity index (χ0) is 33.9. The van der Waals surface area contributed by atoms with E-state index >= 15 is 0 Å². The number of nitrogens with zero attached hydrogens (tertiary/aromatic N) is 4. The third-order valence-corrected chi connectivity index (χ3v) is 10.0. The fourth-order valence-electron chi connectivity index (χ4n) is 6.53. The second kappa shape index (κ2) is 14.1. The van der Waals surface area contributed by atoms with Crippen LogP contribution in [0.4, 0.5) is 0 Å². The smallest absolute Gasteiger partial charge is 0.271 e. The molecule has 0 bridgehead atoms. The monoisotopic (exact) mass is 668 g/mol. The zero-order valence-electron chi connectivity index (χ0n) is 27.9. The summed E-state index contributed by atoms with van der Waals surface area (Å²) in [5.74, 6) is 1.26. The van der Waals surface area contributed by atoms with Crippen molar-refractivity contribution in [3.63, 3.8) is 0 Å². The number of carbonyl (C=O) groups excluding carboxylic acids is 2. The second-order valence-corrected chi connectivity index (χ2v) is 12.8. The third-order valence-electron chi connectivity index (χ3n) is 9.02. The SMILES string of the molecule is CCN(CC)C(=O)C1=C(C)N=c2s/c(=C\c3ccc(OCC(=O)N4CCCC4)c(OC)c3)c(=O)n2[C@@H]1c1c(OC)ccc2ccccc12. The molecule has 0 unspecified atom stereocenters. The van der Waals surface area contributed by atoms with Crippen molar-refractivity contribution in [2.24, 2.45) is 4.99 Å². The molecule has 1 atom stereocenters. The molecule has 1 aromatic heterocycles. The average molecular weight is 669 g/mol. The largest absolute Gasteiger partial charge is 0.496 e. The Morgan fingerprint density at radius 2 is 1.69 bits per heavy atom. The van der Waals surface area contributed by atoms with Crippen molar-refractivity contribution in [3.05, 3.63) is 96.7 Å². The van der Waals surface area contributed by atoms with Crippen LogP contribution in [0.5, 0.6) is 17.2 Å². The highest BCUT2D eigenvalue weighted by atomic mass is 32.1. The lowest BCUT2D eigenvalue weighted by Gasteiger charge is -2.30. The molecule has 10 nitrogen and oxygen atoms in total. The lowest BCUT2D eigenvalue weighted by atomic mass is 9.90. The second-order valence-electron chi connectivity index (χ2n) is 11.7. The van der Waals surface area contributed by atoms with E-state index in [4.69, 9.17) is 19.2 Å². The summed E-state index contributed by atoms with van der Waals surface area (Å²) in [7, 11) is 3.14. The van der Waals surface area contributed by atoms with E-state index in [0.717, 1.165) is 42.3 Å². The number of likely N-dealkylation sites (tertiary alicyclic amines) is 1. The number of thiazole rings is 1. The van der Waals surface area contributed by atoms with Gasteiger partial charge in [-0.3, -0.25) is 19.0 Å². The molecule has 48 heavy (non-hydrogen) atoms. The lowest BCUT2D eigenvalue weighted by molar-refractivity contribution is -0.132. The molecule has 2 aliphatic heterocycles. The van der Waals surface area contributed by atoms with Gasteiger partial charge in [0.15, 0.2) is 22.9 Å². The van der Waals surface area contributed by atoms with Gasteiger partial charge in [-0.25, -0.2) is 4.99 Å². The highest BCUT2D eigenvalue weighted by Gasteiger charge is 2.36. The van der Waals surface area contributed by atoms with Gasteiger partial charge in [-0.05, 0) is 74.2 Å². The number of benzene rings is 3. The number of rotatable bonds is 10. The molecule has 4 aromatic rings. The Morgan fingerprint density at radius 3 is 2.40 bits per heavy atom. The van der Waals surface area contributed by atoms with E-state index in [2.05, 4.69) is 0 Å². The van der Waals surface area contributed by atoms with Gasteiger partial charge in [0.1, 0.15) is 11.8 Å². The van der Waals surface area contributed by atoms with E-state index in [1.165, 1.54) is 18.4 Å². The van der Waals surface area contributed by atoms with Crippen LogP contribution in [0.2, 0.25) is 0 Å². The lowest BCUT2D eigenvalue weighted by Crippen LogP contribution is -2.43. The molecule has 1 saturated heterocycles. The minimum Gasteiger partial charge on any atom is -0.496 e. The van der Waals surface area contributed by atoms with Crippen LogP contribution >= 0.6 is 11.3 Å². The topological polar surface area (TPSA) is 103 Å². The standard InChI is InChI=1S/C37H40N4O6S/c1-6-39(7-2)36(44)32-23(3)38-37-41(34(32)33-26-13-9-8-12-25(26)15-17-28(33)45-4)35(43)30(48-37)21-24-14-16-27(29(20-24)46-5)47-22-31(42)40-18-10-11-19-40/h8-9,12-17,20-21,34H,6-7,10-11,18-19,22H2,1-5H3/b30-21-/t34-/m0/s1. The normalized spacial score (nSPS) is 16.1. The van der Waals surface area contributed by atoms with Crippen LogP contribution in [0.15, 0.2) is 75.7 Å². The van der Waals surface area contributed by atoms with Crippen LogP contribution in [0.1, 0.15) is 50.8 Å². The van der Waals surface area contributed by atoms with E-state index < -0.39 is 6.04 Å². The maximum atomic E-state index is 14.4. The molecule has 6 rings (SSSR count). The molecule has 0 saturated carbocycles. The average Bonchev–Trinajstić information content (AvgIpc) is 3.75. The first kappa shape index (κ1) is 33.0. The fourth-order valence-corrected chi connectivity index (χ4v) is 7.57. The summed E-state index contributed by atoms with van der Waals surface area (Å²) in [4.78, 5) is 50.0. The first-order valence-electron chi connectivity index (χ1n) is 16.3. The summed E-state index contributed by atoms with van der Waals surface area (Å²) < 4.78 is 19.4. The maximum Gasteiger partial charge on any atom is 0.271 e. The number of fused-ring (bicyclic) bond motifs is 2. The van der Waals surface area contributed by atoms with Crippen LogP contribution in [0.25, 0.3) is 16.8 Å². The molecule has 3 heterocycles. The molecule has 0 aliphatic carbocycles. The molecular formula is C37H40N4O6S. The van der Waals surface area contributed by atoms with Crippen molar-refractivity contribution in [2.75, 3.05) is 47.0 Å². The van der Waals surface area contributed by atoms with E-state index in [0.29, 0.717) is 56.5 Å². The van der Waals surface area contributed by atoms with E-state index in [9.17, 15) is 14.4 Å². The molecule has 2 amide bonds. The van der Waals surface area contributed by atoms with Crippen LogP contribution in [0, 0.1) is 0 Å². The van der Waals surface area contributed by atoms with Crippen molar-refractivity contribution < 1.29 is 23.8 Å². The Kier molecular flexibility index (Phi) is 9.68. The van der Waals surface area contributed by atoms with Gasteiger partial charge in [0.2, 0.25) is 0 Å². The Balaban J connectivity index is 1.47. The van der Waals surface area contributed by atoms with Crippen molar-refractivity contribution >= 4 is 40.0 Å². The Hall–Kier alpha value is -4.90. The molecule has 11 heteroatoms. The molecule has 0 N–H and O–H groups in total. The molecule has 1 fully saturated rings. The van der Waals surface area contributed by atoms with Crippen LogP contribution in [-0.4, -0.2) is 73.2 Å². The molecular weight excluding hydrogens is 628 g/mol. The van der Waals surface area contributed by atoms with E-state index in [1.54, 1.807) is 34.8 Å². The van der Waals surface area contributed by atoms with Gasteiger partial charge < -0.3 is 24.0 Å². The highest BCUT2D eigenvalue weighted by molar-refractivity contribution is 7.07. The number of hydrogen-bond acceptors (Lipinski definition) is 8. The molecule has 0 radical (unpaired) electrons. The number of allylic oxidation sites excluding steroid dienone is 1. The predicted molar refractivity (Wildman–Crippen MR) is 186 cm³/mol. The molecule has 0 spiro atoms. The van der Waals surface area contributed by atoms with Gasteiger partial charge in [0, 0.05) is 31.7 Å². The van der Waals surface area contributed by atoms with Gasteiger partial charge in [-0.2, -0.15) is 0 Å². The number of methoxy groups -OCH3 is 2. The zero-order valence-corrected chi connectivity index (χ0v) is 28.8. The minimum absolute atomic E-state index is 0.0498. The summed E-state index contributed by atoms with van der Waals surface area (Å²) in [5, 5.41) is 1.86. The van der Waals surface area contributed by atoms with Gasteiger partial charge in [-0.15, -0.1) is 0 Å². The van der Waals surface area contributed by atoms with Crippen molar-refractivity contribution in [1.29, 1.82) is 0 Å². The number of hydrogen-bond donors (Lipinski definition) is 0. The summed E-state index contributed by atoms with van der Waals surface area (Å²) in [6.45, 7) is 8.19. The van der Waals surface area contributed by atoms with Crippen LogP contribution in [-0.2, 0) is 9.59 Å². The first-order chi connectivity index (χ1) is 23.3. The van der Waals surface area contributed by atoms with Crippen LogP contribution in [0.3, 0.4) is 0 Å². The van der Waals surface area contributed by atoms with E-state index in [-0.39, 0.29) is 24.0 Å². The first-order valence-corrected chi connectivity index (χ1v) is 17.1. The Morgan fingerprint density at radius 1 is 0.979 bits per heavy atom. The summed E-state index contributed by atoms with van der Waals surface area (Å²) in [5.41, 5.74) is 2.18. The van der Waals surface area contributed by atoms with Gasteiger partial charge in [-0.1, -0.05) is 47.7 Å². The quantitative estimate of drug-likeness (QED) is 0.250. The summed E-state index contributed by atoms with van der Waals surface area (Å²) >= 11 is 1.26. The number of ether oxygens (including phenoxy) is 3. The highest BCUT2D eigenvalue weighted by Crippen LogP contribution is 2.40. The van der Waals surface area contributed by atoms with E-state index in [1.807, 2.05) is 68.1 Å². The summed E-state index contributed by atoms with van der Waals surface area (Å²) in [6, 6.07) is 16.3. The number of amides is 2. The third kappa shape index (κ3) is 6.10. The molecule has 2 aliphatic rings. The number of aromatic nitrogens is 1. The van der Waals surface area contributed by atoms with Crippen molar-refractivity contribution in [2.45, 2.75) is 39.7 Å². The van der Waals surface area contributed by atoms with Crippen molar-refractivity contribution in [3.8, 4) is 17.2 Å². The Bertz CT molecular complexity index is 2090. The van der Waals surface area contributed by atoms with Gasteiger partial charge in [0.25, 0.3) is 17.4 Å². The van der Waals surface area contributed by atoms with Gasteiger partial charge >= 0.3 is 0 Å². The predicted octanol–water partition coefficient (Wildman–Crippen LogP) is 4.28. The summed E-state index contributed by atoms with van der Waals surface area (Å²) in [6.07, 6.45) is 3.81. The number of likely N-dealkylation sites (N-methyl/N-ethyl adjacent to an activating group) is 1. The number of carbonyl (C=O) groups is 2. The molecule has 3 aromatic carbocycles. The van der Waals surface area contributed by atoms with Crippen molar-refractivity contribution in [1.82, 2.24) is 14.4 Å². The van der Waals surface area contributed by atoms with Crippen LogP contribution < -0.4 is 29.1 Å². The minimum atomic E-state index is -0.768.